The zero-order valence-corrected chi connectivity index (χ0v) is 18.7. The number of nitrogens with one attached hydrogen (secondary N) is 1. The number of rotatable bonds is 5. The minimum absolute atomic E-state index is 0.0356. The Balaban J connectivity index is 1.35. The molecule has 0 unspecified atom stereocenters. The van der Waals surface area contributed by atoms with E-state index in [2.05, 4.69) is 15.1 Å². The van der Waals surface area contributed by atoms with E-state index in [4.69, 9.17) is 9.47 Å². The van der Waals surface area contributed by atoms with E-state index in [1.165, 1.54) is 45.2 Å². The maximum atomic E-state index is 13.4. The maximum absolute atomic E-state index is 13.4. The summed E-state index contributed by atoms with van der Waals surface area (Å²) in [6.07, 6.45) is 7.02. The number of fused-ring (bicyclic) bond motifs is 4. The summed E-state index contributed by atoms with van der Waals surface area (Å²) in [7, 11) is 5.21. The second-order valence-electron chi connectivity index (χ2n) is 9.15. The normalized spacial score (nSPS) is 22.4. The summed E-state index contributed by atoms with van der Waals surface area (Å²) in [6, 6.07) is 4.58. The lowest BCUT2D eigenvalue weighted by Gasteiger charge is -2.45. The summed E-state index contributed by atoms with van der Waals surface area (Å²) in [5, 5.41) is 7.54. The lowest BCUT2D eigenvalue weighted by molar-refractivity contribution is 0.0400. The summed E-state index contributed by atoms with van der Waals surface area (Å²) < 4.78 is 10.9. The van der Waals surface area contributed by atoms with Gasteiger partial charge in [-0.2, -0.15) is 5.10 Å². The van der Waals surface area contributed by atoms with Crippen LogP contribution in [0.15, 0.2) is 12.1 Å². The molecule has 0 spiro atoms. The molecule has 7 nitrogen and oxygen atoms in total. The Morgan fingerprint density at radius 3 is 2.74 bits per heavy atom. The topological polar surface area (TPSA) is 70.7 Å². The molecule has 31 heavy (non-hydrogen) atoms. The van der Waals surface area contributed by atoms with Crippen molar-refractivity contribution in [3.8, 4) is 22.8 Å². The molecule has 3 aliphatic rings. The lowest BCUT2D eigenvalue weighted by atomic mass is 9.83. The van der Waals surface area contributed by atoms with Gasteiger partial charge in [0.1, 0.15) is 5.69 Å². The number of carbonyl (C=O) groups is 1. The zero-order chi connectivity index (χ0) is 21.5. The number of methoxy groups -OCH3 is 2. The summed E-state index contributed by atoms with van der Waals surface area (Å²) in [6.45, 7) is 3.25. The van der Waals surface area contributed by atoms with Crippen molar-refractivity contribution < 1.29 is 14.3 Å². The van der Waals surface area contributed by atoms with Gasteiger partial charge in [0.25, 0.3) is 5.91 Å². The third-order valence-electron chi connectivity index (χ3n) is 7.40. The number of nitrogens with zero attached hydrogens (tertiary/aromatic N) is 3. The van der Waals surface area contributed by atoms with Crippen LogP contribution in [0.25, 0.3) is 11.3 Å². The fraction of sp³-hybridized carbons (Fsp3) is 0.583. The molecular weight excluding hydrogens is 392 g/mol. The first-order chi connectivity index (χ1) is 15.1. The van der Waals surface area contributed by atoms with Crippen LogP contribution in [-0.4, -0.2) is 72.8 Å². The highest BCUT2D eigenvalue weighted by atomic mass is 16.5. The standard InChI is InChI=1S/C24H32N4O3/c1-27(14-15-7-6-10-28-9-5-4-8-19(15)28)24(29)23-18-11-16-12-20(30-2)21(31-3)13-17(16)22(18)25-26-23/h12-13,15,19H,4-11,14H2,1-3H3,(H,25,26)/t15-,19-/m0/s1. The largest absolute Gasteiger partial charge is 0.493 e. The third-order valence-corrected chi connectivity index (χ3v) is 7.40. The van der Waals surface area contributed by atoms with E-state index in [1.54, 1.807) is 14.2 Å². The number of aromatic nitrogens is 2. The smallest absolute Gasteiger partial charge is 0.271 e. The number of hydrogen-bond acceptors (Lipinski definition) is 5. The molecule has 1 aliphatic carbocycles. The molecule has 2 aromatic rings. The molecular formula is C24H32N4O3. The number of benzene rings is 1. The van der Waals surface area contributed by atoms with E-state index in [-0.39, 0.29) is 5.91 Å². The summed E-state index contributed by atoms with van der Waals surface area (Å²) in [4.78, 5) is 17.9. The van der Waals surface area contributed by atoms with Crippen LogP contribution in [0.3, 0.4) is 0 Å². The first-order valence-corrected chi connectivity index (χ1v) is 11.4. The van der Waals surface area contributed by atoms with E-state index < -0.39 is 0 Å². The van der Waals surface area contributed by atoms with Crippen LogP contribution in [0.2, 0.25) is 0 Å². The molecule has 2 aliphatic heterocycles. The molecule has 2 atom stereocenters. The molecule has 2 saturated heterocycles. The van der Waals surface area contributed by atoms with Crippen molar-refractivity contribution >= 4 is 5.91 Å². The SMILES string of the molecule is COc1cc2c(cc1OC)-c1n[nH]c(C(=O)N(C)C[C@@H]3CCCN4CCCC[C@@H]34)c1C2. The number of carbonyl (C=O) groups excluding carboxylic acids is 1. The van der Waals surface area contributed by atoms with Gasteiger partial charge in [0.15, 0.2) is 11.5 Å². The minimum atomic E-state index is 0.0356. The number of amides is 1. The molecule has 1 N–H and O–H groups in total. The maximum Gasteiger partial charge on any atom is 0.271 e. The van der Waals surface area contributed by atoms with Crippen molar-refractivity contribution in [2.24, 2.45) is 5.92 Å². The first-order valence-electron chi connectivity index (χ1n) is 11.4. The number of hydrogen-bond donors (Lipinski definition) is 1. The highest BCUT2D eigenvalue weighted by molar-refractivity contribution is 5.97. The van der Waals surface area contributed by atoms with Crippen LogP contribution >= 0.6 is 0 Å². The van der Waals surface area contributed by atoms with Gasteiger partial charge in [-0.3, -0.25) is 9.89 Å². The second kappa shape index (κ2) is 8.19. The quantitative estimate of drug-likeness (QED) is 0.680. The Labute approximate surface area is 183 Å². The molecule has 0 bridgehead atoms. The van der Waals surface area contributed by atoms with Crippen molar-refractivity contribution in [3.63, 3.8) is 0 Å². The Hall–Kier alpha value is -2.54. The van der Waals surface area contributed by atoms with E-state index in [9.17, 15) is 4.79 Å². The van der Waals surface area contributed by atoms with Gasteiger partial charge in [-0.1, -0.05) is 6.42 Å². The lowest BCUT2D eigenvalue weighted by Crippen LogP contribution is -2.51. The van der Waals surface area contributed by atoms with Crippen molar-refractivity contribution in [2.75, 3.05) is 40.9 Å². The second-order valence-corrected chi connectivity index (χ2v) is 9.15. The molecule has 1 amide bonds. The molecule has 0 saturated carbocycles. The average Bonchev–Trinajstić information content (AvgIpc) is 3.36. The Morgan fingerprint density at radius 1 is 1.16 bits per heavy atom. The van der Waals surface area contributed by atoms with Gasteiger partial charge < -0.3 is 19.3 Å². The van der Waals surface area contributed by atoms with Crippen LogP contribution in [-0.2, 0) is 6.42 Å². The number of H-pyrrole nitrogens is 1. The van der Waals surface area contributed by atoms with Crippen molar-refractivity contribution in [1.82, 2.24) is 20.0 Å². The molecule has 0 radical (unpaired) electrons. The van der Waals surface area contributed by atoms with Gasteiger partial charge in [0.05, 0.1) is 19.9 Å². The van der Waals surface area contributed by atoms with Crippen molar-refractivity contribution in [1.29, 1.82) is 0 Å². The molecule has 166 valence electrons. The fourth-order valence-electron chi connectivity index (χ4n) is 5.83. The minimum Gasteiger partial charge on any atom is -0.493 e. The third kappa shape index (κ3) is 3.49. The predicted molar refractivity (Wildman–Crippen MR) is 119 cm³/mol. The van der Waals surface area contributed by atoms with Gasteiger partial charge in [0.2, 0.25) is 0 Å². The van der Waals surface area contributed by atoms with Gasteiger partial charge in [-0.05, 0) is 62.4 Å². The van der Waals surface area contributed by atoms with E-state index >= 15 is 0 Å². The number of ether oxygens (including phenoxy) is 2. The molecule has 3 heterocycles. The Bertz CT molecular complexity index is 983. The van der Waals surface area contributed by atoms with Crippen molar-refractivity contribution in [2.45, 2.75) is 44.6 Å². The highest BCUT2D eigenvalue weighted by Gasteiger charge is 2.35. The van der Waals surface area contributed by atoms with Crippen LogP contribution in [0.5, 0.6) is 11.5 Å². The number of aromatic amines is 1. The molecule has 2 fully saturated rings. The first kappa shape index (κ1) is 20.4. The van der Waals surface area contributed by atoms with Crippen LogP contribution in [0.1, 0.15) is 53.7 Å². The van der Waals surface area contributed by atoms with Gasteiger partial charge >= 0.3 is 0 Å². The predicted octanol–water partition coefficient (Wildman–Crippen LogP) is 3.33. The average molecular weight is 425 g/mol. The monoisotopic (exact) mass is 424 g/mol. The van der Waals surface area contributed by atoms with Gasteiger partial charge in [-0.15, -0.1) is 0 Å². The fourth-order valence-corrected chi connectivity index (χ4v) is 5.83. The molecule has 7 heteroatoms. The van der Waals surface area contributed by atoms with E-state index in [0.29, 0.717) is 35.6 Å². The zero-order valence-electron chi connectivity index (χ0n) is 18.7. The summed E-state index contributed by atoms with van der Waals surface area (Å²) in [5.74, 6) is 1.98. The van der Waals surface area contributed by atoms with E-state index in [0.717, 1.165) is 28.9 Å². The summed E-state index contributed by atoms with van der Waals surface area (Å²) >= 11 is 0. The van der Waals surface area contributed by atoms with Crippen LogP contribution in [0, 0.1) is 5.92 Å². The summed E-state index contributed by atoms with van der Waals surface area (Å²) in [5.41, 5.74) is 4.57. The van der Waals surface area contributed by atoms with Gasteiger partial charge in [0, 0.05) is 37.2 Å². The number of piperidine rings is 2. The van der Waals surface area contributed by atoms with Crippen LogP contribution < -0.4 is 9.47 Å². The van der Waals surface area contributed by atoms with E-state index in [1.807, 2.05) is 24.1 Å². The van der Waals surface area contributed by atoms with Crippen LogP contribution in [0.4, 0.5) is 0 Å². The molecule has 1 aromatic carbocycles. The Morgan fingerprint density at radius 2 is 1.94 bits per heavy atom. The van der Waals surface area contributed by atoms with Crippen molar-refractivity contribution in [3.05, 3.63) is 29.0 Å². The molecule has 1 aromatic heterocycles. The molecule has 5 rings (SSSR count). The van der Waals surface area contributed by atoms with Gasteiger partial charge in [-0.25, -0.2) is 0 Å². The Kier molecular flexibility index (Phi) is 5.38. The highest BCUT2D eigenvalue weighted by Crippen LogP contribution is 2.43.